The Morgan fingerprint density at radius 1 is 1.24 bits per heavy atom. The molecular weight excluding hydrogens is 322 g/mol. The zero-order chi connectivity index (χ0) is 17.4. The Morgan fingerprint density at radius 2 is 2.00 bits per heavy atom. The number of aromatic nitrogens is 2. The van der Waals surface area contributed by atoms with Crippen molar-refractivity contribution >= 4 is 17.6 Å². The highest BCUT2D eigenvalue weighted by atomic mass is 16.6. The molecule has 0 radical (unpaired) electrons. The van der Waals surface area contributed by atoms with Gasteiger partial charge < -0.3 is 15.1 Å². The standard InChI is InChI=1S/C17H19N5O3/c1-11-16(20-25-19-11)22-8-6-21(7-9-22)15(23)10-14-12-4-2-3-5-13(12)17(24)18-14/h2-5,14H,6-10H2,1H3,(H,18,24)/t14-/m0/s1. The molecule has 1 aromatic heterocycles. The van der Waals surface area contributed by atoms with Gasteiger partial charge in [-0.1, -0.05) is 23.4 Å². The summed E-state index contributed by atoms with van der Waals surface area (Å²) in [6, 6.07) is 7.19. The first-order chi connectivity index (χ1) is 12.1. The Morgan fingerprint density at radius 3 is 2.72 bits per heavy atom. The monoisotopic (exact) mass is 341 g/mol. The van der Waals surface area contributed by atoms with Crippen LogP contribution in [0.5, 0.6) is 0 Å². The molecular formula is C17H19N5O3. The van der Waals surface area contributed by atoms with E-state index in [4.69, 9.17) is 4.63 Å². The number of rotatable bonds is 3. The summed E-state index contributed by atoms with van der Waals surface area (Å²) in [6.07, 6.45) is 0.285. The van der Waals surface area contributed by atoms with Gasteiger partial charge in [0, 0.05) is 31.7 Å². The smallest absolute Gasteiger partial charge is 0.252 e. The van der Waals surface area contributed by atoms with Gasteiger partial charge in [0.25, 0.3) is 5.91 Å². The maximum Gasteiger partial charge on any atom is 0.252 e. The average molecular weight is 341 g/mol. The van der Waals surface area contributed by atoms with Crippen LogP contribution >= 0.6 is 0 Å². The second-order valence-corrected chi connectivity index (χ2v) is 6.36. The third-order valence-corrected chi connectivity index (χ3v) is 4.83. The first kappa shape index (κ1) is 15.6. The lowest BCUT2D eigenvalue weighted by Crippen LogP contribution is -2.49. The number of hydrogen-bond donors (Lipinski definition) is 1. The molecule has 25 heavy (non-hydrogen) atoms. The number of fused-ring (bicyclic) bond motifs is 1. The van der Waals surface area contributed by atoms with Crippen molar-refractivity contribution in [2.75, 3.05) is 31.1 Å². The van der Waals surface area contributed by atoms with Crippen LogP contribution < -0.4 is 10.2 Å². The Hall–Kier alpha value is -2.90. The van der Waals surface area contributed by atoms with Crippen molar-refractivity contribution in [1.29, 1.82) is 0 Å². The van der Waals surface area contributed by atoms with Crippen LogP contribution in [0.15, 0.2) is 28.9 Å². The minimum Gasteiger partial charge on any atom is -0.349 e. The van der Waals surface area contributed by atoms with Crippen molar-refractivity contribution < 1.29 is 14.2 Å². The van der Waals surface area contributed by atoms with Crippen molar-refractivity contribution in [2.45, 2.75) is 19.4 Å². The summed E-state index contributed by atoms with van der Waals surface area (Å²) in [4.78, 5) is 28.5. The molecule has 130 valence electrons. The van der Waals surface area contributed by atoms with Gasteiger partial charge in [-0.25, -0.2) is 4.63 Å². The fraction of sp³-hybridized carbons (Fsp3) is 0.412. The Labute approximate surface area is 144 Å². The molecule has 4 rings (SSSR count). The predicted octanol–water partition coefficient (Wildman–Crippen LogP) is 0.901. The number of nitrogens with zero attached hydrogens (tertiary/aromatic N) is 4. The summed E-state index contributed by atoms with van der Waals surface area (Å²) in [7, 11) is 0. The maximum atomic E-state index is 12.6. The molecule has 0 spiro atoms. The SMILES string of the molecule is Cc1nonc1N1CCN(C(=O)C[C@@H]2NC(=O)c3ccccc32)CC1. The van der Waals surface area contributed by atoms with Gasteiger partial charge in [-0.05, 0) is 23.7 Å². The van der Waals surface area contributed by atoms with Crippen LogP contribution in [0.25, 0.3) is 0 Å². The van der Waals surface area contributed by atoms with Crippen LogP contribution in [0.3, 0.4) is 0 Å². The van der Waals surface area contributed by atoms with Gasteiger partial charge in [-0.2, -0.15) is 0 Å². The first-order valence-corrected chi connectivity index (χ1v) is 8.35. The molecule has 0 aliphatic carbocycles. The van der Waals surface area contributed by atoms with E-state index in [2.05, 4.69) is 20.5 Å². The second kappa shape index (κ2) is 6.19. The van der Waals surface area contributed by atoms with Crippen LogP contribution in [0.4, 0.5) is 5.82 Å². The molecule has 3 heterocycles. The zero-order valence-corrected chi connectivity index (χ0v) is 13.9. The highest BCUT2D eigenvalue weighted by Crippen LogP contribution is 2.28. The molecule has 0 bridgehead atoms. The van der Waals surface area contributed by atoms with E-state index in [-0.39, 0.29) is 24.3 Å². The number of benzene rings is 1. The molecule has 1 aromatic carbocycles. The highest BCUT2D eigenvalue weighted by Gasteiger charge is 2.32. The Balaban J connectivity index is 1.37. The number of carbonyl (C=O) groups is 2. The molecule has 2 aliphatic heterocycles. The van der Waals surface area contributed by atoms with Gasteiger partial charge in [0.1, 0.15) is 5.69 Å². The summed E-state index contributed by atoms with van der Waals surface area (Å²) in [5.41, 5.74) is 2.33. The van der Waals surface area contributed by atoms with Crippen molar-refractivity contribution in [1.82, 2.24) is 20.5 Å². The van der Waals surface area contributed by atoms with Crippen LogP contribution in [0, 0.1) is 6.92 Å². The largest absolute Gasteiger partial charge is 0.349 e. The summed E-state index contributed by atoms with van der Waals surface area (Å²) in [6.45, 7) is 4.47. The lowest BCUT2D eigenvalue weighted by molar-refractivity contribution is -0.132. The molecule has 2 amide bonds. The zero-order valence-electron chi connectivity index (χ0n) is 13.9. The molecule has 8 heteroatoms. The molecule has 1 atom stereocenters. The molecule has 0 saturated carbocycles. The summed E-state index contributed by atoms with van der Waals surface area (Å²) in [5.74, 6) is 0.688. The number of hydrogen-bond acceptors (Lipinski definition) is 6. The van der Waals surface area contributed by atoms with Gasteiger partial charge in [-0.15, -0.1) is 0 Å². The second-order valence-electron chi connectivity index (χ2n) is 6.36. The van der Waals surface area contributed by atoms with Gasteiger partial charge in [-0.3, -0.25) is 9.59 Å². The van der Waals surface area contributed by atoms with Crippen molar-refractivity contribution in [3.05, 3.63) is 41.1 Å². The number of carbonyl (C=O) groups excluding carboxylic acids is 2. The number of anilines is 1. The van der Waals surface area contributed by atoms with E-state index < -0.39 is 0 Å². The molecule has 1 fully saturated rings. The summed E-state index contributed by atoms with van der Waals surface area (Å²) in [5, 5.41) is 10.6. The fourth-order valence-corrected chi connectivity index (χ4v) is 3.47. The molecule has 2 aromatic rings. The lowest BCUT2D eigenvalue weighted by atomic mass is 10.0. The van der Waals surface area contributed by atoms with E-state index in [0.29, 0.717) is 31.7 Å². The highest BCUT2D eigenvalue weighted by molar-refractivity contribution is 5.99. The number of piperazine rings is 1. The fourth-order valence-electron chi connectivity index (χ4n) is 3.47. The third-order valence-electron chi connectivity index (χ3n) is 4.83. The number of nitrogens with one attached hydrogen (secondary N) is 1. The normalized spacial score (nSPS) is 19.7. The van der Waals surface area contributed by atoms with Crippen LogP contribution in [-0.2, 0) is 4.79 Å². The topological polar surface area (TPSA) is 91.6 Å². The predicted molar refractivity (Wildman–Crippen MR) is 89.1 cm³/mol. The lowest BCUT2D eigenvalue weighted by Gasteiger charge is -2.35. The molecule has 1 N–H and O–H groups in total. The van der Waals surface area contributed by atoms with E-state index in [0.717, 1.165) is 17.1 Å². The first-order valence-electron chi connectivity index (χ1n) is 8.35. The third kappa shape index (κ3) is 2.84. The minimum atomic E-state index is -0.240. The van der Waals surface area contributed by atoms with E-state index >= 15 is 0 Å². The Kier molecular flexibility index (Phi) is 3.87. The minimum absolute atomic E-state index is 0.0525. The molecule has 8 nitrogen and oxygen atoms in total. The van der Waals surface area contributed by atoms with E-state index in [1.807, 2.05) is 30.0 Å². The van der Waals surface area contributed by atoms with Crippen molar-refractivity contribution in [3.63, 3.8) is 0 Å². The van der Waals surface area contributed by atoms with Gasteiger partial charge in [0.15, 0.2) is 5.82 Å². The van der Waals surface area contributed by atoms with Gasteiger partial charge in [0.2, 0.25) is 5.91 Å². The van der Waals surface area contributed by atoms with Crippen LogP contribution in [0.2, 0.25) is 0 Å². The van der Waals surface area contributed by atoms with E-state index in [1.165, 1.54) is 0 Å². The summed E-state index contributed by atoms with van der Waals surface area (Å²) >= 11 is 0. The van der Waals surface area contributed by atoms with Gasteiger partial charge in [0.05, 0.1) is 12.5 Å². The maximum absolute atomic E-state index is 12.6. The van der Waals surface area contributed by atoms with Gasteiger partial charge >= 0.3 is 0 Å². The van der Waals surface area contributed by atoms with E-state index in [1.54, 1.807) is 6.07 Å². The molecule has 1 saturated heterocycles. The van der Waals surface area contributed by atoms with Crippen molar-refractivity contribution in [2.24, 2.45) is 0 Å². The van der Waals surface area contributed by atoms with Crippen LogP contribution in [0.1, 0.15) is 34.1 Å². The number of aryl methyl sites for hydroxylation is 1. The molecule has 0 unspecified atom stereocenters. The average Bonchev–Trinajstić information content (AvgIpc) is 3.19. The molecule has 2 aliphatic rings. The van der Waals surface area contributed by atoms with Crippen LogP contribution in [-0.4, -0.2) is 53.2 Å². The number of amides is 2. The summed E-state index contributed by atoms with van der Waals surface area (Å²) < 4.78 is 4.74. The van der Waals surface area contributed by atoms with E-state index in [9.17, 15) is 9.59 Å². The van der Waals surface area contributed by atoms with Crippen molar-refractivity contribution in [3.8, 4) is 0 Å². The Bertz CT molecular complexity index is 810. The quantitative estimate of drug-likeness (QED) is 0.892.